The van der Waals surface area contributed by atoms with Gasteiger partial charge in [0.05, 0.1) is 24.3 Å². The first-order valence-corrected chi connectivity index (χ1v) is 9.70. The number of hydrogen-bond donors (Lipinski definition) is 2. The van der Waals surface area contributed by atoms with Gasteiger partial charge in [0.15, 0.2) is 0 Å². The quantitative estimate of drug-likeness (QED) is 0.769. The van der Waals surface area contributed by atoms with Gasteiger partial charge in [-0.15, -0.1) is 11.3 Å². The van der Waals surface area contributed by atoms with Crippen LogP contribution in [0.3, 0.4) is 0 Å². The number of imide groups is 1. The summed E-state index contributed by atoms with van der Waals surface area (Å²) in [5.74, 6) is -0.964. The van der Waals surface area contributed by atoms with Gasteiger partial charge in [-0.2, -0.15) is 5.26 Å². The summed E-state index contributed by atoms with van der Waals surface area (Å²) in [4.78, 5) is 37.9. The van der Waals surface area contributed by atoms with Crippen molar-refractivity contribution in [3.8, 4) is 6.07 Å². The Labute approximate surface area is 166 Å². The van der Waals surface area contributed by atoms with E-state index in [1.807, 2.05) is 6.07 Å². The van der Waals surface area contributed by atoms with Crippen LogP contribution in [0.5, 0.6) is 0 Å². The van der Waals surface area contributed by atoms with Crippen molar-refractivity contribution in [1.29, 1.82) is 5.26 Å². The third-order valence-corrected chi connectivity index (χ3v) is 5.76. The molecule has 3 amide bonds. The maximum atomic E-state index is 12.7. The molecule has 0 bridgehead atoms. The lowest BCUT2D eigenvalue weighted by Gasteiger charge is -2.09. The molecular formula is C20H19N3O4S. The average molecular weight is 397 g/mol. The van der Waals surface area contributed by atoms with E-state index < -0.39 is 12.0 Å². The van der Waals surface area contributed by atoms with Gasteiger partial charge in [0.25, 0.3) is 11.8 Å². The number of nitrogens with one attached hydrogen (secondary N) is 2. The topological polar surface area (TPSA) is 108 Å². The molecule has 0 unspecified atom stereocenters. The van der Waals surface area contributed by atoms with Crippen molar-refractivity contribution in [3.63, 3.8) is 0 Å². The molecule has 2 aromatic rings. The summed E-state index contributed by atoms with van der Waals surface area (Å²) in [5, 5.41) is 14.3. The minimum Gasteiger partial charge on any atom is -0.453 e. The van der Waals surface area contributed by atoms with Gasteiger partial charge < -0.3 is 10.1 Å². The lowest BCUT2D eigenvalue weighted by atomic mass is 10.0. The zero-order chi connectivity index (χ0) is 20.1. The first-order chi connectivity index (χ1) is 13.5. The minimum absolute atomic E-state index is 0.328. The zero-order valence-electron chi connectivity index (χ0n) is 15.3. The number of alkyl carbamates (subject to hydrolysis) is 1. The molecule has 7 nitrogen and oxygen atoms in total. The molecule has 0 atom stereocenters. The van der Waals surface area contributed by atoms with E-state index in [4.69, 9.17) is 5.26 Å². The first kappa shape index (κ1) is 19.6. The van der Waals surface area contributed by atoms with E-state index in [9.17, 15) is 14.4 Å². The Kier molecular flexibility index (Phi) is 6.06. The van der Waals surface area contributed by atoms with Gasteiger partial charge in [-0.25, -0.2) is 4.79 Å². The van der Waals surface area contributed by atoms with Gasteiger partial charge in [0, 0.05) is 10.4 Å². The zero-order valence-corrected chi connectivity index (χ0v) is 16.1. The molecule has 1 aliphatic carbocycles. The lowest BCUT2D eigenvalue weighted by molar-refractivity contribution is 0.0937. The number of rotatable bonds is 3. The highest BCUT2D eigenvalue weighted by Gasteiger charge is 2.27. The van der Waals surface area contributed by atoms with Crippen LogP contribution in [-0.2, 0) is 17.6 Å². The monoisotopic (exact) mass is 397 g/mol. The Hall–Kier alpha value is -3.18. The molecular weight excluding hydrogens is 378 g/mol. The molecule has 1 aliphatic rings. The lowest BCUT2D eigenvalue weighted by Crippen LogP contribution is -2.31. The van der Waals surface area contributed by atoms with Crippen LogP contribution in [0.2, 0.25) is 0 Å². The molecule has 8 heteroatoms. The number of thiophene rings is 1. The smallest absolute Gasteiger partial charge is 0.413 e. The molecule has 2 N–H and O–H groups in total. The maximum absolute atomic E-state index is 12.7. The number of ether oxygens (including phenoxy) is 1. The molecule has 0 saturated carbocycles. The standard InChI is InChI=1S/C20H19N3O4S/c1-27-20(26)23-18(25)16-14-5-3-2-4-6-15(14)28-19(16)22-17(24)13-9-7-12(11-21)8-10-13/h7-10H,2-6H2,1H3,(H,22,24)(H,23,25,26). The van der Waals surface area contributed by atoms with Gasteiger partial charge in [0.1, 0.15) is 5.00 Å². The highest BCUT2D eigenvalue weighted by atomic mass is 32.1. The fourth-order valence-electron chi connectivity index (χ4n) is 3.15. The molecule has 0 saturated heterocycles. The van der Waals surface area contributed by atoms with E-state index in [2.05, 4.69) is 15.4 Å². The average Bonchev–Trinajstić information content (AvgIpc) is 2.88. The van der Waals surface area contributed by atoms with Crippen molar-refractivity contribution >= 4 is 34.2 Å². The number of nitriles is 1. The fourth-order valence-corrected chi connectivity index (χ4v) is 4.43. The number of carbonyl (C=O) groups excluding carboxylic acids is 3. The second-order valence-corrected chi connectivity index (χ2v) is 7.46. The van der Waals surface area contributed by atoms with Crippen molar-refractivity contribution in [1.82, 2.24) is 5.32 Å². The highest BCUT2D eigenvalue weighted by Crippen LogP contribution is 2.37. The molecule has 0 radical (unpaired) electrons. The van der Waals surface area contributed by atoms with Crippen molar-refractivity contribution in [2.24, 2.45) is 0 Å². The number of anilines is 1. The highest BCUT2D eigenvalue weighted by molar-refractivity contribution is 7.17. The van der Waals surface area contributed by atoms with Gasteiger partial charge in [-0.05, 0) is 55.5 Å². The van der Waals surface area contributed by atoms with E-state index in [0.29, 0.717) is 21.7 Å². The SMILES string of the molecule is COC(=O)NC(=O)c1c(NC(=O)c2ccc(C#N)cc2)sc2c1CCCCC2. The number of nitrogens with zero attached hydrogens (tertiary/aromatic N) is 1. The summed E-state index contributed by atoms with van der Waals surface area (Å²) in [5.41, 5.74) is 2.05. The predicted octanol–water partition coefficient (Wildman–Crippen LogP) is 3.64. The normalized spacial score (nSPS) is 12.9. The van der Waals surface area contributed by atoms with Crippen LogP contribution in [0.15, 0.2) is 24.3 Å². The Balaban J connectivity index is 1.92. The molecule has 0 fully saturated rings. The molecule has 1 heterocycles. The number of methoxy groups -OCH3 is 1. The van der Waals surface area contributed by atoms with E-state index in [1.54, 1.807) is 24.3 Å². The largest absolute Gasteiger partial charge is 0.453 e. The van der Waals surface area contributed by atoms with E-state index in [0.717, 1.165) is 42.5 Å². The summed E-state index contributed by atoms with van der Waals surface area (Å²) in [6, 6.07) is 8.23. The molecule has 0 aliphatic heterocycles. The maximum Gasteiger partial charge on any atom is 0.413 e. The second kappa shape index (κ2) is 8.67. The number of aryl methyl sites for hydroxylation is 1. The fraction of sp³-hybridized carbons (Fsp3) is 0.300. The van der Waals surface area contributed by atoms with Gasteiger partial charge >= 0.3 is 6.09 Å². The van der Waals surface area contributed by atoms with E-state index in [-0.39, 0.29) is 5.91 Å². The van der Waals surface area contributed by atoms with Crippen molar-refractivity contribution in [2.45, 2.75) is 32.1 Å². The summed E-state index contributed by atoms with van der Waals surface area (Å²) in [6.07, 6.45) is 3.77. The number of hydrogen-bond acceptors (Lipinski definition) is 6. The van der Waals surface area contributed by atoms with Gasteiger partial charge in [-0.3, -0.25) is 14.9 Å². The Bertz CT molecular complexity index is 957. The number of carbonyl (C=O) groups is 3. The second-order valence-electron chi connectivity index (χ2n) is 6.36. The number of amides is 3. The minimum atomic E-state index is -0.844. The van der Waals surface area contributed by atoms with E-state index in [1.165, 1.54) is 18.4 Å². The molecule has 1 aromatic carbocycles. The summed E-state index contributed by atoms with van der Waals surface area (Å²) < 4.78 is 4.52. The van der Waals surface area contributed by atoms with Gasteiger partial charge in [-0.1, -0.05) is 6.42 Å². The molecule has 1 aromatic heterocycles. The van der Waals surface area contributed by atoms with Crippen LogP contribution in [-0.4, -0.2) is 25.0 Å². The van der Waals surface area contributed by atoms with Crippen LogP contribution in [0.1, 0.15) is 56.0 Å². The predicted molar refractivity (Wildman–Crippen MR) is 105 cm³/mol. The Morgan fingerprint density at radius 2 is 1.79 bits per heavy atom. The Morgan fingerprint density at radius 1 is 1.07 bits per heavy atom. The number of benzene rings is 1. The van der Waals surface area contributed by atoms with Crippen molar-refractivity contribution < 1.29 is 19.1 Å². The van der Waals surface area contributed by atoms with Crippen LogP contribution in [0, 0.1) is 11.3 Å². The third kappa shape index (κ3) is 4.21. The van der Waals surface area contributed by atoms with Crippen molar-refractivity contribution in [2.75, 3.05) is 12.4 Å². The first-order valence-electron chi connectivity index (χ1n) is 8.89. The third-order valence-electron chi connectivity index (χ3n) is 4.55. The van der Waals surface area contributed by atoms with Crippen LogP contribution < -0.4 is 10.6 Å². The summed E-state index contributed by atoms with van der Waals surface area (Å²) >= 11 is 1.37. The van der Waals surface area contributed by atoms with Crippen molar-refractivity contribution in [3.05, 3.63) is 51.4 Å². The molecule has 144 valence electrons. The van der Waals surface area contributed by atoms with E-state index >= 15 is 0 Å². The van der Waals surface area contributed by atoms with Crippen LogP contribution in [0.4, 0.5) is 9.80 Å². The molecule has 28 heavy (non-hydrogen) atoms. The number of fused-ring (bicyclic) bond motifs is 1. The van der Waals surface area contributed by atoms with Crippen LogP contribution >= 0.6 is 11.3 Å². The Morgan fingerprint density at radius 3 is 2.46 bits per heavy atom. The molecule has 0 spiro atoms. The summed E-state index contributed by atoms with van der Waals surface area (Å²) in [7, 11) is 1.18. The van der Waals surface area contributed by atoms with Crippen LogP contribution in [0.25, 0.3) is 0 Å². The van der Waals surface area contributed by atoms with Gasteiger partial charge in [0.2, 0.25) is 0 Å². The summed E-state index contributed by atoms with van der Waals surface area (Å²) in [6.45, 7) is 0. The molecule has 3 rings (SSSR count).